The lowest BCUT2D eigenvalue weighted by atomic mass is 10.1. The van der Waals surface area contributed by atoms with Gasteiger partial charge in [0.15, 0.2) is 0 Å². The zero-order valence-electron chi connectivity index (χ0n) is 12.1. The van der Waals surface area contributed by atoms with Crippen molar-refractivity contribution in [1.29, 1.82) is 0 Å². The van der Waals surface area contributed by atoms with Crippen molar-refractivity contribution in [2.45, 2.75) is 45.7 Å². The van der Waals surface area contributed by atoms with Crippen molar-refractivity contribution in [1.82, 2.24) is 10.2 Å². The molecular formula is C16H25BrN2. The van der Waals surface area contributed by atoms with E-state index in [0.717, 1.165) is 6.54 Å². The van der Waals surface area contributed by atoms with E-state index in [0.29, 0.717) is 6.04 Å². The summed E-state index contributed by atoms with van der Waals surface area (Å²) in [7, 11) is 0. The van der Waals surface area contributed by atoms with Crippen LogP contribution in [0.4, 0.5) is 0 Å². The zero-order valence-corrected chi connectivity index (χ0v) is 13.7. The number of hydrogen-bond donors (Lipinski definition) is 1. The molecule has 0 saturated carbocycles. The van der Waals surface area contributed by atoms with Crippen LogP contribution in [0.3, 0.4) is 0 Å². The van der Waals surface area contributed by atoms with Crippen LogP contribution in [0, 0.1) is 6.92 Å². The van der Waals surface area contributed by atoms with Gasteiger partial charge in [-0.15, -0.1) is 0 Å². The summed E-state index contributed by atoms with van der Waals surface area (Å²) in [4.78, 5) is 2.59. The first-order chi connectivity index (χ1) is 9.16. The molecule has 0 aromatic heterocycles. The van der Waals surface area contributed by atoms with Crippen molar-refractivity contribution in [2.75, 3.05) is 19.6 Å². The van der Waals surface area contributed by atoms with Gasteiger partial charge in [-0.3, -0.25) is 0 Å². The number of benzene rings is 1. The average molecular weight is 325 g/mol. The first kappa shape index (κ1) is 15.0. The van der Waals surface area contributed by atoms with Crippen molar-refractivity contribution in [3.05, 3.63) is 33.8 Å². The second-order valence-electron chi connectivity index (χ2n) is 5.67. The molecule has 3 heteroatoms. The third-order valence-electron chi connectivity index (χ3n) is 4.00. The highest BCUT2D eigenvalue weighted by Gasteiger charge is 2.13. The Hall–Kier alpha value is -0.380. The highest BCUT2D eigenvalue weighted by Crippen LogP contribution is 2.19. The van der Waals surface area contributed by atoms with E-state index in [2.05, 4.69) is 58.2 Å². The lowest BCUT2D eigenvalue weighted by Gasteiger charge is -2.29. The van der Waals surface area contributed by atoms with E-state index in [1.807, 2.05) is 0 Å². The molecule has 1 heterocycles. The van der Waals surface area contributed by atoms with Crippen LogP contribution in [0.25, 0.3) is 0 Å². The van der Waals surface area contributed by atoms with Crippen molar-refractivity contribution < 1.29 is 0 Å². The molecule has 1 aromatic carbocycles. The van der Waals surface area contributed by atoms with Crippen LogP contribution in [0.5, 0.6) is 0 Å². The first-order valence-electron chi connectivity index (χ1n) is 7.36. The fraction of sp³-hybridized carbons (Fsp3) is 0.625. The van der Waals surface area contributed by atoms with E-state index in [-0.39, 0.29) is 0 Å². The molecule has 1 aliphatic rings. The smallest absolute Gasteiger partial charge is 0.0211 e. The lowest BCUT2D eigenvalue weighted by molar-refractivity contribution is 0.209. The highest BCUT2D eigenvalue weighted by atomic mass is 79.9. The van der Waals surface area contributed by atoms with Gasteiger partial charge in [-0.1, -0.05) is 34.5 Å². The summed E-state index contributed by atoms with van der Waals surface area (Å²) in [5.41, 5.74) is 2.74. The minimum atomic E-state index is 0.552. The van der Waals surface area contributed by atoms with Crippen LogP contribution < -0.4 is 5.32 Å². The predicted octanol–water partition coefficient (Wildman–Crippen LogP) is 3.72. The molecule has 0 amide bonds. The molecule has 1 saturated heterocycles. The number of nitrogens with one attached hydrogen (secondary N) is 1. The summed E-state index contributed by atoms with van der Waals surface area (Å²) < 4.78 is 1.20. The molecule has 1 aliphatic heterocycles. The summed E-state index contributed by atoms with van der Waals surface area (Å²) in [5, 5.41) is 3.65. The molecule has 1 fully saturated rings. The molecule has 19 heavy (non-hydrogen) atoms. The van der Waals surface area contributed by atoms with Gasteiger partial charge in [-0.2, -0.15) is 0 Å². The SMILES string of the molecule is Cc1c(Br)cccc1CNC(C)CN1CCCCC1. The van der Waals surface area contributed by atoms with Crippen LogP contribution in [0.15, 0.2) is 22.7 Å². The van der Waals surface area contributed by atoms with E-state index in [9.17, 15) is 0 Å². The summed E-state index contributed by atoms with van der Waals surface area (Å²) in [6.07, 6.45) is 4.16. The summed E-state index contributed by atoms with van der Waals surface area (Å²) in [6, 6.07) is 6.98. The lowest BCUT2D eigenvalue weighted by Crippen LogP contribution is -2.41. The van der Waals surface area contributed by atoms with Gasteiger partial charge < -0.3 is 10.2 Å². The molecule has 2 rings (SSSR count). The first-order valence-corrected chi connectivity index (χ1v) is 8.16. The molecule has 1 atom stereocenters. The van der Waals surface area contributed by atoms with Gasteiger partial charge >= 0.3 is 0 Å². The molecule has 0 bridgehead atoms. The normalized spacial score (nSPS) is 18.5. The average Bonchev–Trinajstić information content (AvgIpc) is 2.42. The van der Waals surface area contributed by atoms with Crippen LogP contribution in [-0.2, 0) is 6.54 Å². The van der Waals surface area contributed by atoms with Gasteiger partial charge in [-0.05, 0) is 57.0 Å². The standard InChI is InChI=1S/C16H25BrN2/c1-13(12-19-9-4-3-5-10-19)18-11-15-7-6-8-16(17)14(15)2/h6-8,13,18H,3-5,9-12H2,1-2H3. The molecule has 1 N–H and O–H groups in total. The fourth-order valence-corrected chi connectivity index (χ4v) is 3.13. The Balaban J connectivity index is 1.79. The van der Waals surface area contributed by atoms with E-state index in [1.165, 1.54) is 54.5 Å². The van der Waals surface area contributed by atoms with Crippen molar-refractivity contribution in [3.8, 4) is 0 Å². The molecule has 2 nitrogen and oxygen atoms in total. The predicted molar refractivity (Wildman–Crippen MR) is 85.5 cm³/mol. The molecule has 1 unspecified atom stereocenters. The molecule has 0 spiro atoms. The van der Waals surface area contributed by atoms with E-state index in [1.54, 1.807) is 0 Å². The van der Waals surface area contributed by atoms with Gasteiger partial charge in [0, 0.05) is 23.6 Å². The molecular weight excluding hydrogens is 300 g/mol. The second-order valence-corrected chi connectivity index (χ2v) is 6.52. The largest absolute Gasteiger partial charge is 0.309 e. The van der Waals surface area contributed by atoms with E-state index >= 15 is 0 Å². The Kier molecular flexibility index (Phi) is 5.86. The molecule has 0 radical (unpaired) electrons. The Bertz CT molecular complexity index is 400. The van der Waals surface area contributed by atoms with Crippen LogP contribution >= 0.6 is 15.9 Å². The number of hydrogen-bond acceptors (Lipinski definition) is 2. The summed E-state index contributed by atoms with van der Waals surface area (Å²) >= 11 is 3.60. The van der Waals surface area contributed by atoms with Crippen LogP contribution in [0.2, 0.25) is 0 Å². The number of nitrogens with zero attached hydrogens (tertiary/aromatic N) is 1. The minimum absolute atomic E-state index is 0.552. The van der Waals surface area contributed by atoms with Gasteiger partial charge in [0.05, 0.1) is 0 Å². The maximum Gasteiger partial charge on any atom is 0.0211 e. The molecule has 106 valence electrons. The number of rotatable bonds is 5. The number of likely N-dealkylation sites (tertiary alicyclic amines) is 1. The Morgan fingerprint density at radius 1 is 1.26 bits per heavy atom. The van der Waals surface area contributed by atoms with E-state index < -0.39 is 0 Å². The Morgan fingerprint density at radius 2 is 2.00 bits per heavy atom. The minimum Gasteiger partial charge on any atom is -0.309 e. The number of halogens is 1. The third kappa shape index (κ3) is 4.59. The fourth-order valence-electron chi connectivity index (χ4n) is 2.72. The topological polar surface area (TPSA) is 15.3 Å². The highest BCUT2D eigenvalue weighted by molar-refractivity contribution is 9.10. The van der Waals surface area contributed by atoms with Crippen molar-refractivity contribution >= 4 is 15.9 Å². The monoisotopic (exact) mass is 324 g/mol. The van der Waals surface area contributed by atoms with Gasteiger partial charge in [0.2, 0.25) is 0 Å². The third-order valence-corrected chi connectivity index (χ3v) is 4.86. The maximum absolute atomic E-state index is 3.65. The zero-order chi connectivity index (χ0) is 13.7. The quantitative estimate of drug-likeness (QED) is 0.888. The van der Waals surface area contributed by atoms with Crippen molar-refractivity contribution in [2.24, 2.45) is 0 Å². The maximum atomic E-state index is 3.65. The summed E-state index contributed by atoms with van der Waals surface area (Å²) in [5.74, 6) is 0. The Labute approximate surface area is 125 Å². The van der Waals surface area contributed by atoms with E-state index in [4.69, 9.17) is 0 Å². The van der Waals surface area contributed by atoms with Crippen molar-refractivity contribution in [3.63, 3.8) is 0 Å². The molecule has 0 aliphatic carbocycles. The molecule has 1 aromatic rings. The number of piperidine rings is 1. The van der Waals surface area contributed by atoms with Gasteiger partial charge in [0.1, 0.15) is 0 Å². The summed E-state index contributed by atoms with van der Waals surface area (Å²) in [6.45, 7) is 9.16. The Morgan fingerprint density at radius 3 is 2.74 bits per heavy atom. The van der Waals surface area contributed by atoms with Gasteiger partial charge in [-0.25, -0.2) is 0 Å². The van der Waals surface area contributed by atoms with Crippen LogP contribution in [0.1, 0.15) is 37.3 Å². The van der Waals surface area contributed by atoms with Crippen LogP contribution in [-0.4, -0.2) is 30.6 Å². The van der Waals surface area contributed by atoms with Gasteiger partial charge in [0.25, 0.3) is 0 Å². The second kappa shape index (κ2) is 7.41.